The predicted molar refractivity (Wildman–Crippen MR) is 153 cm³/mol. The van der Waals surface area contributed by atoms with Crippen molar-refractivity contribution in [3.63, 3.8) is 0 Å². The molecule has 42 heavy (non-hydrogen) atoms. The molecule has 0 amide bonds. The summed E-state index contributed by atoms with van der Waals surface area (Å²) in [5.41, 5.74) is 1.12. The average molecular weight is 657 g/mol. The van der Waals surface area contributed by atoms with Crippen molar-refractivity contribution in [3.05, 3.63) is 86.7 Å². The molecule has 0 spiro atoms. The van der Waals surface area contributed by atoms with Crippen LogP contribution in [0.4, 0.5) is 32.3 Å². The van der Waals surface area contributed by atoms with E-state index < -0.39 is 23.5 Å². The first kappa shape index (κ1) is 31.8. The molecule has 12 heteroatoms. The molecule has 4 rings (SSSR count). The Morgan fingerprint density at radius 1 is 0.952 bits per heavy atom. The van der Waals surface area contributed by atoms with Crippen LogP contribution in [0.2, 0.25) is 0 Å². The van der Waals surface area contributed by atoms with E-state index in [0.717, 1.165) is 41.0 Å². The maximum atomic E-state index is 13.6. The highest BCUT2D eigenvalue weighted by atomic mass is 79.9. The van der Waals surface area contributed by atoms with Gasteiger partial charge in [0.25, 0.3) is 0 Å². The van der Waals surface area contributed by atoms with E-state index in [2.05, 4.69) is 50.7 Å². The number of anilines is 1. The molecule has 0 aliphatic carbocycles. The van der Waals surface area contributed by atoms with E-state index >= 15 is 0 Å². The van der Waals surface area contributed by atoms with Gasteiger partial charge in [-0.1, -0.05) is 19.9 Å². The zero-order chi connectivity index (χ0) is 30.8. The first-order valence-corrected chi connectivity index (χ1v) is 14.0. The number of likely N-dealkylation sites (N-methyl/N-ethyl adjacent to an activating group) is 1. The Kier molecular flexibility index (Phi) is 9.56. The van der Waals surface area contributed by atoms with Crippen molar-refractivity contribution in [1.82, 2.24) is 14.9 Å². The third-order valence-corrected chi connectivity index (χ3v) is 7.55. The van der Waals surface area contributed by atoms with Crippen molar-refractivity contribution in [1.29, 1.82) is 0 Å². The number of methoxy groups -OCH3 is 1. The summed E-state index contributed by atoms with van der Waals surface area (Å²) in [5, 5.41) is 0. The standard InChI is InChI=1S/C30H31BrF6N4O/c1-18(2)20-5-6-27(42-4)26(11-20)25-7-8-40(3)16-21(25)17-41(28-38-13-24(31)14-39-28)15-19-9-22(29(32,33)34)12-23(10-19)30(35,36)37/h5-6,9-14,18H,7-8,15-17H2,1-4H3. The predicted octanol–water partition coefficient (Wildman–Crippen LogP) is 8.20. The first-order valence-electron chi connectivity index (χ1n) is 13.2. The van der Waals surface area contributed by atoms with Gasteiger partial charge in [0.05, 0.1) is 22.7 Å². The van der Waals surface area contributed by atoms with Crippen molar-refractivity contribution in [2.45, 2.75) is 45.1 Å². The lowest BCUT2D eigenvalue weighted by molar-refractivity contribution is -0.143. The maximum Gasteiger partial charge on any atom is 0.416 e. The fourth-order valence-electron chi connectivity index (χ4n) is 5.00. The molecule has 0 saturated heterocycles. The summed E-state index contributed by atoms with van der Waals surface area (Å²) in [6.45, 7) is 5.38. The van der Waals surface area contributed by atoms with Crippen LogP contribution in [0.25, 0.3) is 5.57 Å². The van der Waals surface area contributed by atoms with Crippen LogP contribution in [0.3, 0.4) is 0 Å². The van der Waals surface area contributed by atoms with Gasteiger partial charge in [-0.05, 0) is 87.9 Å². The molecule has 5 nitrogen and oxygen atoms in total. The number of alkyl halides is 6. The Bertz CT molecular complexity index is 1400. The number of ether oxygens (including phenoxy) is 1. The Morgan fingerprint density at radius 2 is 1.57 bits per heavy atom. The Hall–Kier alpha value is -3.12. The van der Waals surface area contributed by atoms with Crippen LogP contribution in [0.5, 0.6) is 5.75 Å². The minimum Gasteiger partial charge on any atom is -0.496 e. The van der Waals surface area contributed by atoms with Crippen LogP contribution in [0.15, 0.2) is 58.8 Å². The Labute approximate surface area is 249 Å². The van der Waals surface area contributed by atoms with E-state index in [1.807, 2.05) is 19.2 Å². The van der Waals surface area contributed by atoms with Gasteiger partial charge in [-0.15, -0.1) is 0 Å². The van der Waals surface area contributed by atoms with Crippen LogP contribution in [0, 0.1) is 0 Å². The number of hydrogen-bond donors (Lipinski definition) is 0. The summed E-state index contributed by atoms with van der Waals surface area (Å²) >= 11 is 3.28. The number of benzene rings is 2. The van der Waals surface area contributed by atoms with Crippen LogP contribution >= 0.6 is 15.9 Å². The molecule has 1 aliphatic heterocycles. The lowest BCUT2D eigenvalue weighted by atomic mass is 9.89. The Balaban J connectivity index is 1.84. The second-order valence-corrected chi connectivity index (χ2v) is 11.6. The third-order valence-electron chi connectivity index (χ3n) is 7.14. The maximum absolute atomic E-state index is 13.6. The first-order chi connectivity index (χ1) is 19.7. The molecule has 226 valence electrons. The van der Waals surface area contributed by atoms with Crippen molar-refractivity contribution >= 4 is 27.5 Å². The van der Waals surface area contributed by atoms with Gasteiger partial charge >= 0.3 is 12.4 Å². The number of nitrogens with zero attached hydrogens (tertiary/aromatic N) is 4. The van der Waals surface area contributed by atoms with Crippen LogP contribution in [-0.4, -0.2) is 48.7 Å². The normalized spacial score (nSPS) is 15.0. The summed E-state index contributed by atoms with van der Waals surface area (Å²) in [7, 11) is 3.55. The highest BCUT2D eigenvalue weighted by Crippen LogP contribution is 2.38. The summed E-state index contributed by atoms with van der Waals surface area (Å²) in [5.74, 6) is 1.13. The molecular weight excluding hydrogens is 626 g/mol. The van der Waals surface area contributed by atoms with Crippen LogP contribution in [-0.2, 0) is 18.9 Å². The summed E-state index contributed by atoms with van der Waals surface area (Å²) in [4.78, 5) is 12.4. The van der Waals surface area contributed by atoms with Crippen molar-refractivity contribution < 1.29 is 31.1 Å². The van der Waals surface area contributed by atoms with E-state index in [-0.39, 0.29) is 36.6 Å². The van der Waals surface area contributed by atoms with Crippen molar-refractivity contribution in [3.8, 4) is 5.75 Å². The highest BCUT2D eigenvalue weighted by molar-refractivity contribution is 9.10. The fraction of sp³-hybridized carbons (Fsp3) is 0.400. The highest BCUT2D eigenvalue weighted by Gasteiger charge is 2.37. The minimum atomic E-state index is -4.95. The number of rotatable bonds is 8. The van der Waals surface area contributed by atoms with E-state index in [1.54, 1.807) is 12.0 Å². The average Bonchev–Trinajstić information content (AvgIpc) is 2.92. The minimum absolute atomic E-state index is 0.134. The molecule has 1 aliphatic rings. The zero-order valence-corrected chi connectivity index (χ0v) is 25.2. The van der Waals surface area contributed by atoms with Gasteiger partial charge in [-0.25, -0.2) is 9.97 Å². The molecule has 0 unspecified atom stereocenters. The zero-order valence-electron chi connectivity index (χ0n) is 23.6. The molecule has 0 radical (unpaired) electrons. The number of halogens is 7. The number of hydrogen-bond acceptors (Lipinski definition) is 5. The SMILES string of the molecule is COc1ccc(C(C)C)cc1C1=C(CN(Cc2cc(C(F)(F)F)cc(C(F)(F)F)c2)c2ncc(Br)cn2)CN(C)CC1. The van der Waals surface area contributed by atoms with Gasteiger partial charge < -0.3 is 14.5 Å². The van der Waals surface area contributed by atoms with E-state index in [4.69, 9.17) is 4.74 Å². The molecule has 0 N–H and O–H groups in total. The summed E-state index contributed by atoms with van der Waals surface area (Å²) in [6.07, 6.45) is -6.25. The summed E-state index contributed by atoms with van der Waals surface area (Å²) < 4.78 is 88.0. The third kappa shape index (κ3) is 7.63. The lowest BCUT2D eigenvalue weighted by Gasteiger charge is -2.33. The largest absolute Gasteiger partial charge is 0.496 e. The van der Waals surface area contributed by atoms with Crippen molar-refractivity contribution in [2.75, 3.05) is 38.7 Å². The topological polar surface area (TPSA) is 41.5 Å². The quantitative estimate of drug-likeness (QED) is 0.229. The number of aromatic nitrogens is 2. The molecule has 0 bridgehead atoms. The van der Waals surface area contributed by atoms with Gasteiger partial charge in [-0.2, -0.15) is 26.3 Å². The van der Waals surface area contributed by atoms with E-state index in [0.29, 0.717) is 23.2 Å². The van der Waals surface area contributed by atoms with E-state index in [1.165, 1.54) is 12.4 Å². The molecule has 2 heterocycles. The molecule has 0 atom stereocenters. The lowest BCUT2D eigenvalue weighted by Crippen LogP contribution is -2.35. The molecule has 0 saturated carbocycles. The van der Waals surface area contributed by atoms with Gasteiger partial charge in [-0.3, -0.25) is 0 Å². The molecule has 3 aromatic rings. The Morgan fingerprint density at radius 3 is 2.12 bits per heavy atom. The van der Waals surface area contributed by atoms with Crippen molar-refractivity contribution in [2.24, 2.45) is 0 Å². The van der Waals surface area contributed by atoms with Gasteiger partial charge in [0.1, 0.15) is 5.75 Å². The van der Waals surface area contributed by atoms with E-state index in [9.17, 15) is 26.3 Å². The van der Waals surface area contributed by atoms with Gasteiger partial charge in [0.2, 0.25) is 5.95 Å². The molecule has 0 fully saturated rings. The summed E-state index contributed by atoms with van der Waals surface area (Å²) in [6, 6.07) is 7.65. The van der Waals surface area contributed by atoms with Gasteiger partial charge in [0.15, 0.2) is 0 Å². The smallest absolute Gasteiger partial charge is 0.416 e. The molecule has 2 aromatic carbocycles. The second-order valence-electron chi connectivity index (χ2n) is 10.7. The van der Waals surface area contributed by atoms with Crippen LogP contribution < -0.4 is 9.64 Å². The molecule has 1 aromatic heterocycles. The second kappa shape index (κ2) is 12.6. The molecular formula is C30H31BrF6N4O. The van der Waals surface area contributed by atoms with Gasteiger partial charge in [0, 0.05) is 44.1 Å². The van der Waals surface area contributed by atoms with Crippen LogP contribution in [0.1, 0.15) is 54.0 Å². The fourth-order valence-corrected chi connectivity index (χ4v) is 5.20. The monoisotopic (exact) mass is 656 g/mol.